The number of nitrogens with zero attached hydrogens (tertiary/aromatic N) is 1. The third kappa shape index (κ3) is 3.58. The zero-order valence-electron chi connectivity index (χ0n) is 12.6. The Balaban J connectivity index is 2.04. The standard InChI is InChI=1S/C16H24N2O2/c1-16(11-20-12-16)15(19)17-14(9-10-18(2)3)13-7-5-4-6-8-13/h4-8,14H,9-12H2,1-3H3,(H,17,19)/t14-/m1/s1. The van der Waals surface area contributed by atoms with Gasteiger partial charge in [-0.3, -0.25) is 4.79 Å². The lowest BCUT2D eigenvalue weighted by Crippen LogP contribution is -2.52. The molecule has 1 aliphatic heterocycles. The zero-order valence-corrected chi connectivity index (χ0v) is 12.6. The molecule has 20 heavy (non-hydrogen) atoms. The number of carbonyl (C=O) groups excluding carboxylic acids is 1. The van der Waals surface area contributed by atoms with E-state index in [1.54, 1.807) is 0 Å². The van der Waals surface area contributed by atoms with Crippen molar-refractivity contribution >= 4 is 5.91 Å². The third-order valence-electron chi connectivity index (χ3n) is 3.76. The van der Waals surface area contributed by atoms with Gasteiger partial charge >= 0.3 is 0 Å². The molecular formula is C16H24N2O2. The molecule has 110 valence electrons. The van der Waals surface area contributed by atoms with Crippen molar-refractivity contribution in [3.63, 3.8) is 0 Å². The molecule has 0 aliphatic carbocycles. The summed E-state index contributed by atoms with van der Waals surface area (Å²) in [6, 6.07) is 10.2. The van der Waals surface area contributed by atoms with E-state index in [4.69, 9.17) is 4.74 Å². The molecule has 1 fully saturated rings. The summed E-state index contributed by atoms with van der Waals surface area (Å²) >= 11 is 0. The van der Waals surface area contributed by atoms with E-state index < -0.39 is 0 Å². The van der Waals surface area contributed by atoms with Crippen molar-refractivity contribution in [2.75, 3.05) is 33.9 Å². The van der Waals surface area contributed by atoms with E-state index in [1.165, 1.54) is 0 Å². The Labute approximate surface area is 121 Å². The number of nitrogens with one attached hydrogen (secondary N) is 1. The second-order valence-corrected chi connectivity index (χ2v) is 6.08. The van der Waals surface area contributed by atoms with Crippen molar-refractivity contribution in [3.05, 3.63) is 35.9 Å². The molecule has 1 aromatic carbocycles. The topological polar surface area (TPSA) is 41.6 Å². The lowest BCUT2D eigenvalue weighted by Gasteiger charge is -2.37. The van der Waals surface area contributed by atoms with E-state index in [9.17, 15) is 4.79 Å². The van der Waals surface area contributed by atoms with Crippen LogP contribution in [-0.2, 0) is 9.53 Å². The third-order valence-corrected chi connectivity index (χ3v) is 3.76. The van der Waals surface area contributed by atoms with E-state index in [2.05, 4.69) is 22.3 Å². The monoisotopic (exact) mass is 276 g/mol. The molecule has 0 saturated carbocycles. The maximum atomic E-state index is 12.4. The summed E-state index contributed by atoms with van der Waals surface area (Å²) in [5.74, 6) is 0.0939. The highest BCUT2D eigenvalue weighted by Crippen LogP contribution is 2.28. The maximum absolute atomic E-state index is 12.4. The Hall–Kier alpha value is -1.39. The molecule has 1 heterocycles. The molecule has 1 N–H and O–H groups in total. The second-order valence-electron chi connectivity index (χ2n) is 6.08. The van der Waals surface area contributed by atoms with Gasteiger partial charge in [-0.05, 0) is 39.5 Å². The first-order chi connectivity index (χ1) is 9.51. The SMILES string of the molecule is CN(C)CC[C@@H](NC(=O)C1(C)COC1)c1ccccc1. The summed E-state index contributed by atoms with van der Waals surface area (Å²) in [6.45, 7) is 3.94. The molecule has 1 aromatic rings. The Kier molecular flexibility index (Phi) is 4.78. The van der Waals surface area contributed by atoms with Crippen molar-refractivity contribution in [2.24, 2.45) is 5.41 Å². The van der Waals surface area contributed by atoms with Gasteiger partial charge in [0.25, 0.3) is 0 Å². The van der Waals surface area contributed by atoms with Gasteiger partial charge in [-0.1, -0.05) is 30.3 Å². The fraction of sp³-hybridized carbons (Fsp3) is 0.562. The minimum Gasteiger partial charge on any atom is -0.379 e. The zero-order chi connectivity index (χ0) is 14.6. The van der Waals surface area contributed by atoms with E-state index in [-0.39, 0.29) is 17.4 Å². The average Bonchev–Trinajstić information content (AvgIpc) is 2.41. The van der Waals surface area contributed by atoms with Crippen molar-refractivity contribution in [3.8, 4) is 0 Å². The predicted octanol–water partition coefficient (Wildman–Crippen LogP) is 1.83. The summed E-state index contributed by atoms with van der Waals surface area (Å²) in [5.41, 5.74) is 0.803. The molecule has 1 saturated heterocycles. The van der Waals surface area contributed by atoms with Crippen LogP contribution in [-0.4, -0.2) is 44.7 Å². The van der Waals surface area contributed by atoms with Gasteiger partial charge in [0.15, 0.2) is 0 Å². The molecule has 0 radical (unpaired) electrons. The van der Waals surface area contributed by atoms with Crippen molar-refractivity contribution in [2.45, 2.75) is 19.4 Å². The second kappa shape index (κ2) is 6.37. The van der Waals surface area contributed by atoms with Crippen LogP contribution < -0.4 is 5.32 Å². The van der Waals surface area contributed by atoms with Gasteiger partial charge in [-0.25, -0.2) is 0 Å². The van der Waals surface area contributed by atoms with Gasteiger partial charge in [0.05, 0.1) is 24.7 Å². The maximum Gasteiger partial charge on any atom is 0.231 e. The summed E-state index contributed by atoms with van der Waals surface area (Å²) in [4.78, 5) is 14.5. The summed E-state index contributed by atoms with van der Waals surface area (Å²) in [6.07, 6.45) is 0.902. The van der Waals surface area contributed by atoms with Gasteiger partial charge in [-0.2, -0.15) is 0 Å². The van der Waals surface area contributed by atoms with Crippen LogP contribution in [0.2, 0.25) is 0 Å². The van der Waals surface area contributed by atoms with Crippen LogP contribution in [0.5, 0.6) is 0 Å². The largest absolute Gasteiger partial charge is 0.379 e. The highest BCUT2D eigenvalue weighted by atomic mass is 16.5. The Bertz CT molecular complexity index is 441. The summed E-state index contributed by atoms with van der Waals surface area (Å²) in [5, 5.41) is 3.19. The number of benzene rings is 1. The lowest BCUT2D eigenvalue weighted by molar-refractivity contribution is -0.158. The highest BCUT2D eigenvalue weighted by molar-refractivity contribution is 5.83. The number of hydrogen-bond donors (Lipinski definition) is 1. The van der Waals surface area contributed by atoms with E-state index in [0.29, 0.717) is 13.2 Å². The Morgan fingerprint density at radius 1 is 1.35 bits per heavy atom. The van der Waals surface area contributed by atoms with Crippen molar-refractivity contribution < 1.29 is 9.53 Å². The van der Waals surface area contributed by atoms with E-state index in [0.717, 1.165) is 18.5 Å². The van der Waals surface area contributed by atoms with Gasteiger partial charge < -0.3 is 15.0 Å². The average molecular weight is 276 g/mol. The first-order valence-electron chi connectivity index (χ1n) is 7.10. The quantitative estimate of drug-likeness (QED) is 0.862. The molecule has 1 atom stereocenters. The molecule has 0 aromatic heterocycles. The molecule has 0 bridgehead atoms. The fourth-order valence-electron chi connectivity index (χ4n) is 2.27. The molecule has 4 heteroatoms. The van der Waals surface area contributed by atoms with Crippen LogP contribution in [0.3, 0.4) is 0 Å². The highest BCUT2D eigenvalue weighted by Gasteiger charge is 2.41. The fourth-order valence-corrected chi connectivity index (χ4v) is 2.27. The minimum atomic E-state index is -0.356. The number of amides is 1. The molecule has 4 nitrogen and oxygen atoms in total. The molecule has 0 unspecified atom stereocenters. The van der Waals surface area contributed by atoms with Crippen molar-refractivity contribution in [1.29, 1.82) is 0 Å². The Morgan fingerprint density at radius 3 is 2.50 bits per heavy atom. The van der Waals surface area contributed by atoms with Crippen LogP contribution in [0.4, 0.5) is 0 Å². The first-order valence-corrected chi connectivity index (χ1v) is 7.10. The van der Waals surface area contributed by atoms with E-state index in [1.807, 2.05) is 39.2 Å². The van der Waals surface area contributed by atoms with Gasteiger partial charge in [0.2, 0.25) is 5.91 Å². The smallest absolute Gasteiger partial charge is 0.231 e. The molecular weight excluding hydrogens is 252 g/mol. The predicted molar refractivity (Wildman–Crippen MR) is 79.4 cm³/mol. The molecule has 2 rings (SSSR count). The van der Waals surface area contributed by atoms with Gasteiger partial charge in [0, 0.05) is 0 Å². The lowest BCUT2D eigenvalue weighted by atomic mass is 9.87. The summed E-state index contributed by atoms with van der Waals surface area (Å²) in [7, 11) is 4.09. The van der Waals surface area contributed by atoms with Crippen LogP contribution >= 0.6 is 0 Å². The number of carbonyl (C=O) groups is 1. The number of rotatable bonds is 6. The van der Waals surface area contributed by atoms with Crippen molar-refractivity contribution in [1.82, 2.24) is 10.2 Å². The minimum absolute atomic E-state index is 0.0588. The first kappa shape index (κ1) is 15.0. The molecule has 1 amide bonds. The number of ether oxygens (including phenoxy) is 1. The van der Waals surface area contributed by atoms with Crippen LogP contribution in [0.25, 0.3) is 0 Å². The van der Waals surface area contributed by atoms with Crippen LogP contribution in [0.1, 0.15) is 24.9 Å². The van der Waals surface area contributed by atoms with Gasteiger partial charge in [-0.15, -0.1) is 0 Å². The Morgan fingerprint density at radius 2 is 2.00 bits per heavy atom. The summed E-state index contributed by atoms with van der Waals surface area (Å²) < 4.78 is 5.18. The molecule has 0 spiro atoms. The van der Waals surface area contributed by atoms with Crippen LogP contribution in [0.15, 0.2) is 30.3 Å². The van der Waals surface area contributed by atoms with Gasteiger partial charge in [0.1, 0.15) is 0 Å². The molecule has 1 aliphatic rings. The number of hydrogen-bond acceptors (Lipinski definition) is 3. The van der Waals surface area contributed by atoms with E-state index >= 15 is 0 Å². The normalized spacial score (nSPS) is 18.4. The van der Waals surface area contributed by atoms with Crippen LogP contribution in [0, 0.1) is 5.41 Å².